The van der Waals surface area contributed by atoms with Gasteiger partial charge < -0.3 is 0 Å². The van der Waals surface area contributed by atoms with E-state index in [9.17, 15) is 0 Å². The molecule has 0 N–H and O–H groups in total. The summed E-state index contributed by atoms with van der Waals surface area (Å²) in [6.07, 6.45) is 4.80. The first-order chi connectivity index (χ1) is 7.24. The summed E-state index contributed by atoms with van der Waals surface area (Å²) in [7, 11) is 0. The molecule has 0 bridgehead atoms. The molecule has 2 aromatic rings. The Kier molecular flexibility index (Phi) is 1.92. The fourth-order valence-corrected chi connectivity index (χ4v) is 1.98. The van der Waals surface area contributed by atoms with Crippen molar-refractivity contribution < 1.29 is 0 Å². The third-order valence-corrected chi connectivity index (χ3v) is 3.21. The summed E-state index contributed by atoms with van der Waals surface area (Å²) in [5.74, 6) is 1.57. The molecular weight excluding hydrogens is 212 g/mol. The number of rotatable bonds is 2. The van der Waals surface area contributed by atoms with Crippen LogP contribution in [0.25, 0.3) is 11.0 Å². The predicted octanol–water partition coefficient (Wildman–Crippen LogP) is 2.14. The lowest BCUT2D eigenvalue weighted by Gasteiger charge is -2.00. The van der Waals surface area contributed by atoms with E-state index in [-0.39, 0.29) is 5.28 Å². The Morgan fingerprint density at radius 1 is 1.53 bits per heavy atom. The summed E-state index contributed by atoms with van der Waals surface area (Å²) in [6, 6.07) is 0. The summed E-state index contributed by atoms with van der Waals surface area (Å²) in [4.78, 5) is 8.13. The second-order valence-corrected chi connectivity index (χ2v) is 4.56. The molecule has 1 saturated carbocycles. The molecule has 2 atom stereocenters. The molecule has 0 aliphatic heterocycles. The molecule has 0 aromatic carbocycles. The smallest absolute Gasteiger partial charge is 0.224 e. The lowest BCUT2D eigenvalue weighted by Crippen LogP contribution is -2.03. The molecule has 5 heteroatoms. The van der Waals surface area contributed by atoms with Gasteiger partial charge in [-0.2, -0.15) is 10.1 Å². The van der Waals surface area contributed by atoms with Crippen LogP contribution in [-0.4, -0.2) is 19.7 Å². The van der Waals surface area contributed by atoms with Gasteiger partial charge >= 0.3 is 0 Å². The first kappa shape index (κ1) is 9.09. The molecule has 4 nitrogen and oxygen atoms in total. The van der Waals surface area contributed by atoms with Crippen molar-refractivity contribution in [3.05, 3.63) is 17.7 Å². The second-order valence-electron chi connectivity index (χ2n) is 4.22. The number of nitrogens with zero attached hydrogens (tertiary/aromatic N) is 4. The standard InChI is InChI=1S/C10H11ClN4/c1-6-2-7(6)5-15-9-8(4-13-15)3-12-10(11)14-9/h3-4,6-7H,2,5H2,1H3/t6-,7-/m0/s1. The molecule has 78 valence electrons. The van der Waals surface area contributed by atoms with Gasteiger partial charge in [-0.1, -0.05) is 6.92 Å². The molecule has 2 aromatic heterocycles. The van der Waals surface area contributed by atoms with E-state index in [4.69, 9.17) is 11.6 Å². The Morgan fingerprint density at radius 2 is 2.33 bits per heavy atom. The average molecular weight is 223 g/mol. The SMILES string of the molecule is C[C@H]1C[C@H]1Cn1ncc2cnc(Cl)nc21. The van der Waals surface area contributed by atoms with Crippen LogP contribution in [0.4, 0.5) is 0 Å². The van der Waals surface area contributed by atoms with Crippen LogP contribution >= 0.6 is 11.6 Å². The molecule has 0 unspecified atom stereocenters. The van der Waals surface area contributed by atoms with Gasteiger partial charge in [-0.15, -0.1) is 0 Å². The molecule has 0 saturated heterocycles. The van der Waals surface area contributed by atoms with Crippen LogP contribution in [0.15, 0.2) is 12.4 Å². The van der Waals surface area contributed by atoms with Crippen LogP contribution in [0.1, 0.15) is 13.3 Å². The zero-order valence-electron chi connectivity index (χ0n) is 8.39. The summed E-state index contributed by atoms with van der Waals surface area (Å²) >= 11 is 5.77. The van der Waals surface area contributed by atoms with Crippen molar-refractivity contribution in [3.8, 4) is 0 Å². The molecule has 1 aliphatic carbocycles. The van der Waals surface area contributed by atoms with Gasteiger partial charge in [-0.25, -0.2) is 9.67 Å². The highest BCUT2D eigenvalue weighted by atomic mass is 35.5. The van der Waals surface area contributed by atoms with Crippen molar-refractivity contribution in [3.63, 3.8) is 0 Å². The van der Waals surface area contributed by atoms with Crippen LogP contribution in [0.2, 0.25) is 5.28 Å². The fourth-order valence-electron chi connectivity index (χ4n) is 1.85. The monoisotopic (exact) mass is 222 g/mol. The number of aromatic nitrogens is 4. The molecule has 1 fully saturated rings. The van der Waals surface area contributed by atoms with Crippen LogP contribution < -0.4 is 0 Å². The minimum Gasteiger partial charge on any atom is -0.247 e. The van der Waals surface area contributed by atoms with Crippen molar-refractivity contribution in [2.45, 2.75) is 19.9 Å². The van der Waals surface area contributed by atoms with E-state index in [0.717, 1.165) is 29.4 Å². The van der Waals surface area contributed by atoms with E-state index in [1.165, 1.54) is 6.42 Å². The van der Waals surface area contributed by atoms with Gasteiger partial charge in [-0.3, -0.25) is 0 Å². The Bertz CT molecular complexity index is 507. The maximum atomic E-state index is 5.77. The first-order valence-electron chi connectivity index (χ1n) is 5.08. The Labute approximate surface area is 92.3 Å². The second kappa shape index (κ2) is 3.17. The molecule has 3 rings (SSSR count). The highest BCUT2D eigenvalue weighted by Crippen LogP contribution is 2.39. The molecule has 1 aliphatic rings. The summed E-state index contributed by atoms with van der Waals surface area (Å²) in [6.45, 7) is 3.20. The largest absolute Gasteiger partial charge is 0.247 e. The van der Waals surface area contributed by atoms with E-state index >= 15 is 0 Å². The van der Waals surface area contributed by atoms with Crippen LogP contribution in [0.3, 0.4) is 0 Å². The summed E-state index contributed by atoms with van der Waals surface area (Å²) < 4.78 is 1.93. The quantitative estimate of drug-likeness (QED) is 0.732. The van der Waals surface area contributed by atoms with Gasteiger partial charge in [0.25, 0.3) is 0 Å². The van der Waals surface area contributed by atoms with Crippen molar-refractivity contribution in [2.24, 2.45) is 11.8 Å². The summed E-state index contributed by atoms with van der Waals surface area (Å²) in [5, 5.41) is 5.54. The van der Waals surface area contributed by atoms with E-state index in [2.05, 4.69) is 22.0 Å². The van der Waals surface area contributed by atoms with E-state index in [1.54, 1.807) is 12.4 Å². The van der Waals surface area contributed by atoms with E-state index in [1.807, 2.05) is 4.68 Å². The zero-order valence-corrected chi connectivity index (χ0v) is 9.15. The minimum absolute atomic E-state index is 0.285. The van der Waals surface area contributed by atoms with Crippen molar-refractivity contribution in [1.82, 2.24) is 19.7 Å². The van der Waals surface area contributed by atoms with Gasteiger partial charge in [0.2, 0.25) is 5.28 Å². The maximum Gasteiger partial charge on any atom is 0.224 e. The van der Waals surface area contributed by atoms with E-state index < -0.39 is 0 Å². The Balaban J connectivity index is 1.99. The molecule has 0 spiro atoms. The zero-order chi connectivity index (χ0) is 10.4. The fraction of sp³-hybridized carbons (Fsp3) is 0.500. The molecule has 0 radical (unpaired) electrons. The third-order valence-electron chi connectivity index (χ3n) is 3.03. The van der Waals surface area contributed by atoms with E-state index in [0.29, 0.717) is 0 Å². The maximum absolute atomic E-state index is 5.77. The molecular formula is C10H11ClN4. The third kappa shape index (κ3) is 1.59. The van der Waals surface area contributed by atoms with Gasteiger partial charge in [0.1, 0.15) is 0 Å². The van der Waals surface area contributed by atoms with Crippen molar-refractivity contribution in [1.29, 1.82) is 0 Å². The summed E-state index contributed by atoms with van der Waals surface area (Å²) in [5.41, 5.74) is 0.842. The highest BCUT2D eigenvalue weighted by molar-refractivity contribution is 6.28. The van der Waals surface area contributed by atoms with Gasteiger partial charge in [-0.05, 0) is 29.9 Å². The number of fused-ring (bicyclic) bond motifs is 1. The Hall–Kier alpha value is -1.16. The molecule has 0 amide bonds. The number of hydrogen-bond acceptors (Lipinski definition) is 3. The van der Waals surface area contributed by atoms with Crippen LogP contribution in [-0.2, 0) is 6.54 Å². The lowest BCUT2D eigenvalue weighted by molar-refractivity contribution is 0.551. The van der Waals surface area contributed by atoms with Gasteiger partial charge in [0.15, 0.2) is 5.65 Å². The van der Waals surface area contributed by atoms with Gasteiger partial charge in [0.05, 0.1) is 11.6 Å². The van der Waals surface area contributed by atoms with Crippen LogP contribution in [0.5, 0.6) is 0 Å². The topological polar surface area (TPSA) is 43.6 Å². The lowest BCUT2D eigenvalue weighted by atomic mass is 10.3. The number of hydrogen-bond donors (Lipinski definition) is 0. The first-order valence-corrected chi connectivity index (χ1v) is 5.46. The van der Waals surface area contributed by atoms with Crippen LogP contribution in [0, 0.1) is 11.8 Å². The van der Waals surface area contributed by atoms with Crippen molar-refractivity contribution in [2.75, 3.05) is 0 Å². The normalized spacial score (nSPS) is 24.7. The minimum atomic E-state index is 0.285. The molecule has 15 heavy (non-hydrogen) atoms. The average Bonchev–Trinajstić information content (AvgIpc) is 2.74. The molecule has 2 heterocycles. The number of halogens is 1. The highest BCUT2D eigenvalue weighted by Gasteiger charge is 2.33. The Morgan fingerprint density at radius 3 is 3.07 bits per heavy atom. The van der Waals surface area contributed by atoms with Gasteiger partial charge in [0, 0.05) is 12.7 Å². The predicted molar refractivity (Wildman–Crippen MR) is 57.6 cm³/mol. The van der Waals surface area contributed by atoms with Crippen molar-refractivity contribution >= 4 is 22.6 Å².